The molecule has 0 aromatic carbocycles. The predicted octanol–water partition coefficient (Wildman–Crippen LogP) is 0.979. The summed E-state index contributed by atoms with van der Waals surface area (Å²) in [5.41, 5.74) is 0.876. The minimum Gasteiger partial charge on any atom is -0.393 e. The molecule has 0 heterocycles. The largest absolute Gasteiger partial charge is 0.393 e. The van der Waals surface area contributed by atoms with E-state index in [1.807, 2.05) is 6.08 Å². The smallest absolute Gasteiger partial charge is 0.101 e. The molecule has 1 fully saturated rings. The highest BCUT2D eigenvalue weighted by Gasteiger charge is 2.34. The van der Waals surface area contributed by atoms with E-state index in [1.165, 1.54) is 0 Å². The van der Waals surface area contributed by atoms with Gasteiger partial charge >= 0.3 is 0 Å². The molecule has 2 aliphatic rings. The molecule has 2 aliphatic carbocycles. The SMILES string of the molecule is O[C@@H]1CCCC[C@H]1C1=CCC[C@H](O)[C@@H]1O. The third kappa shape index (κ3) is 2.25. The van der Waals surface area contributed by atoms with Crippen molar-refractivity contribution in [3.05, 3.63) is 11.6 Å². The number of aliphatic hydroxyl groups is 3. The summed E-state index contributed by atoms with van der Waals surface area (Å²) in [4.78, 5) is 0. The van der Waals surface area contributed by atoms with Crippen LogP contribution in [0.3, 0.4) is 0 Å². The molecule has 0 spiro atoms. The van der Waals surface area contributed by atoms with Gasteiger partial charge in [0.15, 0.2) is 0 Å². The Bertz CT molecular complexity index is 249. The Morgan fingerprint density at radius 1 is 0.933 bits per heavy atom. The first-order valence-electron chi connectivity index (χ1n) is 5.94. The van der Waals surface area contributed by atoms with Crippen molar-refractivity contribution in [2.45, 2.75) is 56.8 Å². The molecule has 0 amide bonds. The topological polar surface area (TPSA) is 60.7 Å². The first kappa shape index (κ1) is 11.1. The van der Waals surface area contributed by atoms with Crippen molar-refractivity contribution in [1.29, 1.82) is 0 Å². The minimum absolute atomic E-state index is 0.0729. The van der Waals surface area contributed by atoms with Crippen LogP contribution in [0, 0.1) is 5.92 Å². The molecule has 3 heteroatoms. The molecule has 3 nitrogen and oxygen atoms in total. The van der Waals surface area contributed by atoms with E-state index in [9.17, 15) is 15.3 Å². The van der Waals surface area contributed by atoms with Crippen LogP contribution in [0.25, 0.3) is 0 Å². The van der Waals surface area contributed by atoms with E-state index in [0.717, 1.165) is 37.7 Å². The molecule has 86 valence electrons. The minimum atomic E-state index is -0.753. The third-order valence-corrected chi connectivity index (χ3v) is 3.71. The summed E-state index contributed by atoms with van der Waals surface area (Å²) in [5, 5.41) is 29.4. The molecule has 3 N–H and O–H groups in total. The first-order chi connectivity index (χ1) is 7.20. The summed E-state index contributed by atoms with van der Waals surface area (Å²) in [6.45, 7) is 0. The average Bonchev–Trinajstić information content (AvgIpc) is 2.23. The number of allylic oxidation sites excluding steroid dienone is 1. The van der Waals surface area contributed by atoms with E-state index in [4.69, 9.17) is 0 Å². The lowest BCUT2D eigenvalue weighted by Crippen LogP contribution is -2.38. The van der Waals surface area contributed by atoms with Gasteiger partial charge in [-0.3, -0.25) is 0 Å². The zero-order valence-corrected chi connectivity index (χ0v) is 8.97. The Hall–Kier alpha value is -0.380. The highest BCUT2D eigenvalue weighted by molar-refractivity contribution is 5.19. The zero-order chi connectivity index (χ0) is 10.8. The zero-order valence-electron chi connectivity index (χ0n) is 8.97. The van der Waals surface area contributed by atoms with Crippen molar-refractivity contribution in [3.63, 3.8) is 0 Å². The number of rotatable bonds is 1. The molecule has 0 aromatic heterocycles. The summed E-state index contributed by atoms with van der Waals surface area (Å²) >= 11 is 0. The lowest BCUT2D eigenvalue weighted by Gasteiger charge is -2.35. The van der Waals surface area contributed by atoms with Crippen molar-refractivity contribution in [2.75, 3.05) is 0 Å². The maximum absolute atomic E-state index is 9.89. The van der Waals surface area contributed by atoms with Gasteiger partial charge in [-0.05, 0) is 31.3 Å². The van der Waals surface area contributed by atoms with Gasteiger partial charge in [-0.2, -0.15) is 0 Å². The fourth-order valence-corrected chi connectivity index (χ4v) is 2.79. The van der Waals surface area contributed by atoms with Gasteiger partial charge in [-0.25, -0.2) is 0 Å². The molecule has 0 unspecified atom stereocenters. The Balaban J connectivity index is 2.10. The van der Waals surface area contributed by atoms with E-state index < -0.39 is 12.2 Å². The Labute approximate surface area is 90.4 Å². The molecule has 0 aliphatic heterocycles. The summed E-state index contributed by atoms with van der Waals surface area (Å²) in [7, 11) is 0. The van der Waals surface area contributed by atoms with Gasteiger partial charge in [0.05, 0.1) is 12.2 Å². The molecule has 0 saturated heterocycles. The first-order valence-corrected chi connectivity index (χ1v) is 5.94. The summed E-state index contributed by atoms with van der Waals surface area (Å²) < 4.78 is 0. The quantitative estimate of drug-likeness (QED) is 0.568. The standard InChI is InChI=1S/C12H20O3/c13-10-6-2-1-4-8(10)9-5-3-7-11(14)12(9)15/h5,8,10-15H,1-4,6-7H2/t8-,10+,11-,12+/m0/s1. The fraction of sp³-hybridized carbons (Fsp3) is 0.833. The van der Waals surface area contributed by atoms with Gasteiger partial charge in [-0.15, -0.1) is 0 Å². The van der Waals surface area contributed by atoms with Crippen LogP contribution in [-0.2, 0) is 0 Å². The highest BCUT2D eigenvalue weighted by atomic mass is 16.3. The lowest BCUT2D eigenvalue weighted by atomic mass is 9.76. The van der Waals surface area contributed by atoms with E-state index in [2.05, 4.69) is 0 Å². The average molecular weight is 212 g/mol. The van der Waals surface area contributed by atoms with Crippen molar-refractivity contribution in [3.8, 4) is 0 Å². The molecule has 4 atom stereocenters. The second-order valence-corrected chi connectivity index (χ2v) is 4.75. The van der Waals surface area contributed by atoms with E-state index in [0.29, 0.717) is 6.42 Å². The molecule has 0 radical (unpaired) electrons. The van der Waals surface area contributed by atoms with Crippen LogP contribution in [0.5, 0.6) is 0 Å². The second-order valence-electron chi connectivity index (χ2n) is 4.75. The molecule has 2 rings (SSSR count). The predicted molar refractivity (Wildman–Crippen MR) is 57.3 cm³/mol. The van der Waals surface area contributed by atoms with Gasteiger partial charge in [0, 0.05) is 5.92 Å². The fourth-order valence-electron chi connectivity index (χ4n) is 2.79. The Morgan fingerprint density at radius 3 is 2.40 bits per heavy atom. The Kier molecular flexibility index (Phi) is 3.44. The van der Waals surface area contributed by atoms with Crippen LogP contribution in [0.4, 0.5) is 0 Å². The van der Waals surface area contributed by atoms with Crippen LogP contribution in [-0.4, -0.2) is 33.6 Å². The van der Waals surface area contributed by atoms with Gasteiger partial charge < -0.3 is 15.3 Å². The lowest BCUT2D eigenvalue weighted by molar-refractivity contribution is 0.00768. The highest BCUT2D eigenvalue weighted by Crippen LogP contribution is 2.35. The van der Waals surface area contributed by atoms with E-state index >= 15 is 0 Å². The molecular weight excluding hydrogens is 192 g/mol. The second kappa shape index (κ2) is 4.64. The molecule has 15 heavy (non-hydrogen) atoms. The monoisotopic (exact) mass is 212 g/mol. The summed E-state index contributed by atoms with van der Waals surface area (Å²) in [6.07, 6.45) is 5.69. The molecular formula is C12H20O3. The number of aliphatic hydroxyl groups excluding tert-OH is 3. The van der Waals surface area contributed by atoms with Crippen molar-refractivity contribution < 1.29 is 15.3 Å². The summed E-state index contributed by atoms with van der Waals surface area (Å²) in [5.74, 6) is 0.0729. The maximum atomic E-state index is 9.89. The van der Waals surface area contributed by atoms with Crippen LogP contribution in [0.2, 0.25) is 0 Å². The summed E-state index contributed by atoms with van der Waals surface area (Å²) in [6, 6.07) is 0. The van der Waals surface area contributed by atoms with Crippen LogP contribution in [0.15, 0.2) is 11.6 Å². The van der Waals surface area contributed by atoms with Crippen LogP contribution in [0.1, 0.15) is 38.5 Å². The van der Waals surface area contributed by atoms with Crippen molar-refractivity contribution in [2.24, 2.45) is 5.92 Å². The van der Waals surface area contributed by atoms with Gasteiger partial charge in [0.2, 0.25) is 0 Å². The number of hydrogen-bond acceptors (Lipinski definition) is 3. The normalized spacial score (nSPS) is 42.5. The third-order valence-electron chi connectivity index (χ3n) is 3.71. The molecule has 0 bridgehead atoms. The Morgan fingerprint density at radius 2 is 1.67 bits per heavy atom. The van der Waals surface area contributed by atoms with Gasteiger partial charge in [-0.1, -0.05) is 18.9 Å². The molecule has 1 saturated carbocycles. The van der Waals surface area contributed by atoms with Crippen LogP contribution >= 0.6 is 0 Å². The van der Waals surface area contributed by atoms with Crippen LogP contribution < -0.4 is 0 Å². The molecule has 0 aromatic rings. The number of hydrogen-bond donors (Lipinski definition) is 3. The van der Waals surface area contributed by atoms with Gasteiger partial charge in [0.25, 0.3) is 0 Å². The van der Waals surface area contributed by atoms with E-state index in [-0.39, 0.29) is 12.0 Å². The maximum Gasteiger partial charge on any atom is 0.101 e. The van der Waals surface area contributed by atoms with Crippen molar-refractivity contribution in [1.82, 2.24) is 0 Å². The van der Waals surface area contributed by atoms with Gasteiger partial charge in [0.1, 0.15) is 6.10 Å². The van der Waals surface area contributed by atoms with Crippen molar-refractivity contribution >= 4 is 0 Å². The van der Waals surface area contributed by atoms with E-state index in [1.54, 1.807) is 0 Å².